The number of hydrogen-bond donors (Lipinski definition) is 0. The lowest BCUT2D eigenvalue weighted by molar-refractivity contribution is 0.112. The Balaban J connectivity index is 1.52. The first-order valence-corrected chi connectivity index (χ1v) is 13.7. The van der Waals surface area contributed by atoms with Gasteiger partial charge in [-0.25, -0.2) is 0 Å². The second-order valence-corrected chi connectivity index (χ2v) is 9.37. The van der Waals surface area contributed by atoms with Crippen molar-refractivity contribution in [3.8, 4) is 17.2 Å². The molecule has 0 bridgehead atoms. The molecule has 0 radical (unpaired) electrons. The van der Waals surface area contributed by atoms with Gasteiger partial charge in [0.25, 0.3) is 0 Å². The van der Waals surface area contributed by atoms with Crippen molar-refractivity contribution in [1.82, 2.24) is 0 Å². The highest BCUT2D eigenvalue weighted by atomic mass is 16.5. The standard InChI is InChI=1S/C31H46O4/c1-3-4-5-6-7-8-9-10-11-12-13-14-15-17-27-18-16-19-29(24-27)34-22-23-35-30-21-20-28(26-32)25-31(30)33-2/h16,18-21,24-26H,3-15,17,22-23H2,1-2H3. The number of methoxy groups -OCH3 is 1. The van der Waals surface area contributed by atoms with E-state index in [9.17, 15) is 4.79 Å². The Bertz CT molecular complexity index is 817. The van der Waals surface area contributed by atoms with Crippen LogP contribution in [0, 0.1) is 0 Å². The summed E-state index contributed by atoms with van der Waals surface area (Å²) in [4.78, 5) is 10.9. The van der Waals surface area contributed by atoms with Gasteiger partial charge in [0.1, 0.15) is 25.2 Å². The number of ether oxygens (including phenoxy) is 3. The molecule has 2 aromatic rings. The van der Waals surface area contributed by atoms with Crippen molar-refractivity contribution in [1.29, 1.82) is 0 Å². The average Bonchev–Trinajstić information content (AvgIpc) is 2.89. The largest absolute Gasteiger partial charge is 0.493 e. The fraction of sp³-hybridized carbons (Fsp3) is 0.581. The van der Waals surface area contributed by atoms with Gasteiger partial charge in [0.05, 0.1) is 7.11 Å². The van der Waals surface area contributed by atoms with Crippen LogP contribution in [0.4, 0.5) is 0 Å². The molecular weight excluding hydrogens is 436 g/mol. The summed E-state index contributed by atoms with van der Waals surface area (Å²) in [6.45, 7) is 3.13. The summed E-state index contributed by atoms with van der Waals surface area (Å²) in [5.41, 5.74) is 1.89. The van der Waals surface area contributed by atoms with Gasteiger partial charge < -0.3 is 14.2 Å². The minimum atomic E-state index is 0.403. The third-order valence-electron chi connectivity index (χ3n) is 6.40. The van der Waals surface area contributed by atoms with Crippen LogP contribution in [0.1, 0.15) is 106 Å². The van der Waals surface area contributed by atoms with Crippen molar-refractivity contribution >= 4 is 6.29 Å². The van der Waals surface area contributed by atoms with Gasteiger partial charge in [0.15, 0.2) is 11.5 Å². The quantitative estimate of drug-likeness (QED) is 0.132. The van der Waals surface area contributed by atoms with E-state index in [2.05, 4.69) is 25.1 Å². The summed E-state index contributed by atoms with van der Waals surface area (Å²) in [5.74, 6) is 2.04. The van der Waals surface area contributed by atoms with E-state index in [1.165, 1.54) is 89.0 Å². The van der Waals surface area contributed by atoms with E-state index in [1.807, 2.05) is 6.07 Å². The summed E-state index contributed by atoms with van der Waals surface area (Å²) >= 11 is 0. The summed E-state index contributed by atoms with van der Waals surface area (Å²) in [6, 6.07) is 13.5. The third kappa shape index (κ3) is 12.7. The first-order valence-electron chi connectivity index (χ1n) is 13.7. The van der Waals surface area contributed by atoms with E-state index in [-0.39, 0.29) is 0 Å². The number of carbonyl (C=O) groups is 1. The predicted octanol–water partition coefficient (Wildman–Crippen LogP) is 8.60. The van der Waals surface area contributed by atoms with Crippen LogP contribution in [-0.4, -0.2) is 26.6 Å². The van der Waals surface area contributed by atoms with Crippen molar-refractivity contribution in [2.45, 2.75) is 96.8 Å². The molecule has 0 aliphatic heterocycles. The van der Waals surface area contributed by atoms with Crippen LogP contribution in [0.3, 0.4) is 0 Å². The number of unbranched alkanes of at least 4 members (excludes halogenated alkanes) is 12. The number of aryl methyl sites for hydroxylation is 1. The molecule has 4 heteroatoms. The van der Waals surface area contributed by atoms with E-state index in [0.717, 1.165) is 18.5 Å². The second-order valence-electron chi connectivity index (χ2n) is 9.37. The lowest BCUT2D eigenvalue weighted by Gasteiger charge is -2.12. The smallest absolute Gasteiger partial charge is 0.161 e. The van der Waals surface area contributed by atoms with Crippen LogP contribution < -0.4 is 14.2 Å². The summed E-state index contributed by atoms with van der Waals surface area (Å²) in [6.07, 6.45) is 19.9. The van der Waals surface area contributed by atoms with Crippen LogP contribution in [-0.2, 0) is 6.42 Å². The molecule has 0 atom stereocenters. The molecule has 0 heterocycles. The Morgan fingerprint density at radius 2 is 1.31 bits per heavy atom. The number of aldehydes is 1. The molecule has 0 spiro atoms. The SMILES string of the molecule is CCCCCCCCCCCCCCCc1cccc(OCCOc2ccc(C=O)cc2OC)c1. The normalized spacial score (nSPS) is 10.8. The molecule has 0 amide bonds. The van der Waals surface area contributed by atoms with E-state index >= 15 is 0 Å². The zero-order valence-electron chi connectivity index (χ0n) is 22.1. The van der Waals surface area contributed by atoms with E-state index in [0.29, 0.717) is 30.3 Å². The molecule has 0 saturated carbocycles. The van der Waals surface area contributed by atoms with Crippen molar-refractivity contribution in [2.24, 2.45) is 0 Å². The van der Waals surface area contributed by atoms with E-state index in [1.54, 1.807) is 25.3 Å². The van der Waals surface area contributed by atoms with Gasteiger partial charge in [-0.1, -0.05) is 96.1 Å². The topological polar surface area (TPSA) is 44.8 Å². The minimum absolute atomic E-state index is 0.403. The maximum Gasteiger partial charge on any atom is 0.161 e. The number of benzene rings is 2. The number of carbonyl (C=O) groups excluding carboxylic acids is 1. The Labute approximate surface area is 213 Å². The van der Waals surface area contributed by atoms with Crippen LogP contribution >= 0.6 is 0 Å². The van der Waals surface area contributed by atoms with Crippen molar-refractivity contribution < 1.29 is 19.0 Å². The van der Waals surface area contributed by atoms with Crippen LogP contribution in [0.25, 0.3) is 0 Å². The molecule has 2 rings (SSSR count). The molecule has 35 heavy (non-hydrogen) atoms. The molecule has 2 aromatic carbocycles. The molecule has 194 valence electrons. The maximum absolute atomic E-state index is 10.9. The average molecular weight is 483 g/mol. The number of hydrogen-bond acceptors (Lipinski definition) is 4. The van der Waals surface area contributed by atoms with Gasteiger partial charge in [-0.3, -0.25) is 4.79 Å². The molecule has 0 aliphatic rings. The van der Waals surface area contributed by atoms with Crippen LogP contribution in [0.2, 0.25) is 0 Å². The third-order valence-corrected chi connectivity index (χ3v) is 6.40. The van der Waals surface area contributed by atoms with Crippen LogP contribution in [0.5, 0.6) is 17.2 Å². The van der Waals surface area contributed by atoms with Gasteiger partial charge >= 0.3 is 0 Å². The second kappa shape index (κ2) is 18.8. The summed E-state index contributed by atoms with van der Waals surface area (Å²) in [5, 5.41) is 0. The van der Waals surface area contributed by atoms with Crippen molar-refractivity contribution in [2.75, 3.05) is 20.3 Å². The van der Waals surface area contributed by atoms with Crippen LogP contribution in [0.15, 0.2) is 42.5 Å². The van der Waals surface area contributed by atoms with Crippen molar-refractivity contribution in [3.05, 3.63) is 53.6 Å². The fourth-order valence-corrected chi connectivity index (χ4v) is 4.33. The zero-order valence-corrected chi connectivity index (χ0v) is 22.1. The van der Waals surface area contributed by atoms with E-state index in [4.69, 9.17) is 14.2 Å². The Hall–Kier alpha value is -2.49. The first kappa shape index (κ1) is 28.7. The Kier molecular flexibility index (Phi) is 15.4. The molecule has 0 N–H and O–H groups in total. The zero-order chi connectivity index (χ0) is 25.0. The molecule has 0 aliphatic carbocycles. The van der Waals surface area contributed by atoms with Gasteiger partial charge in [-0.2, -0.15) is 0 Å². The highest BCUT2D eigenvalue weighted by Gasteiger charge is 2.06. The van der Waals surface area contributed by atoms with Gasteiger partial charge in [-0.05, 0) is 48.7 Å². The Morgan fingerprint density at radius 3 is 1.94 bits per heavy atom. The predicted molar refractivity (Wildman–Crippen MR) is 145 cm³/mol. The lowest BCUT2D eigenvalue weighted by Crippen LogP contribution is -2.09. The van der Waals surface area contributed by atoms with Gasteiger partial charge in [0, 0.05) is 5.56 Å². The van der Waals surface area contributed by atoms with Gasteiger partial charge in [-0.15, -0.1) is 0 Å². The maximum atomic E-state index is 10.9. The molecule has 0 unspecified atom stereocenters. The monoisotopic (exact) mass is 482 g/mol. The fourth-order valence-electron chi connectivity index (χ4n) is 4.33. The number of rotatable bonds is 21. The van der Waals surface area contributed by atoms with Crippen molar-refractivity contribution in [3.63, 3.8) is 0 Å². The highest BCUT2D eigenvalue weighted by Crippen LogP contribution is 2.27. The lowest BCUT2D eigenvalue weighted by atomic mass is 10.0. The molecular formula is C31H46O4. The molecule has 0 saturated heterocycles. The molecule has 0 aromatic heterocycles. The first-order chi connectivity index (χ1) is 17.3. The summed E-state index contributed by atoms with van der Waals surface area (Å²) < 4.78 is 16.9. The molecule has 4 nitrogen and oxygen atoms in total. The van der Waals surface area contributed by atoms with Gasteiger partial charge in [0.2, 0.25) is 0 Å². The Morgan fingerprint density at radius 1 is 0.686 bits per heavy atom. The highest BCUT2D eigenvalue weighted by molar-refractivity contribution is 5.76. The van der Waals surface area contributed by atoms with E-state index < -0.39 is 0 Å². The summed E-state index contributed by atoms with van der Waals surface area (Å²) in [7, 11) is 1.57. The minimum Gasteiger partial charge on any atom is -0.493 e. The molecule has 0 fully saturated rings.